The average Bonchev–Trinajstić information content (AvgIpc) is 2.62. The summed E-state index contributed by atoms with van der Waals surface area (Å²) in [5, 5.41) is 4.99. The number of esters is 1. The molecular formula is C17H28N4O6. The second-order valence-electron chi connectivity index (χ2n) is 6.97. The van der Waals surface area contributed by atoms with Gasteiger partial charge in [0.2, 0.25) is 23.8 Å². The summed E-state index contributed by atoms with van der Waals surface area (Å²) in [6.45, 7) is 4.87. The average molecular weight is 384 g/mol. The molecule has 152 valence electrons. The van der Waals surface area contributed by atoms with Crippen LogP contribution in [0.25, 0.3) is 0 Å². The van der Waals surface area contributed by atoms with E-state index in [4.69, 9.17) is 0 Å². The second kappa shape index (κ2) is 9.33. The van der Waals surface area contributed by atoms with Gasteiger partial charge in [-0.15, -0.1) is 0 Å². The third-order valence-corrected chi connectivity index (χ3v) is 4.46. The molecule has 2 N–H and O–H groups in total. The number of amides is 4. The Morgan fingerprint density at radius 1 is 1.15 bits per heavy atom. The third-order valence-electron chi connectivity index (χ3n) is 4.46. The molecule has 1 aliphatic rings. The molecule has 10 nitrogen and oxygen atoms in total. The van der Waals surface area contributed by atoms with Gasteiger partial charge in [0.1, 0.15) is 12.1 Å². The van der Waals surface area contributed by atoms with E-state index in [1.165, 1.54) is 21.0 Å². The van der Waals surface area contributed by atoms with Gasteiger partial charge in [0.15, 0.2) is 0 Å². The van der Waals surface area contributed by atoms with Gasteiger partial charge in [-0.3, -0.25) is 19.2 Å². The third kappa shape index (κ3) is 5.41. The van der Waals surface area contributed by atoms with Crippen LogP contribution in [0, 0.1) is 5.92 Å². The molecule has 4 amide bonds. The van der Waals surface area contributed by atoms with Crippen molar-refractivity contribution in [3.63, 3.8) is 0 Å². The van der Waals surface area contributed by atoms with E-state index in [0.29, 0.717) is 6.42 Å². The number of hydrogen-bond donors (Lipinski definition) is 2. The zero-order valence-corrected chi connectivity index (χ0v) is 16.6. The predicted octanol–water partition coefficient (Wildman–Crippen LogP) is -1.51. The molecule has 0 aromatic heterocycles. The summed E-state index contributed by atoms with van der Waals surface area (Å²) in [6.07, 6.45) is 0.303. The van der Waals surface area contributed by atoms with Crippen molar-refractivity contribution in [2.24, 2.45) is 5.92 Å². The summed E-state index contributed by atoms with van der Waals surface area (Å²) in [7, 11) is 3.75. The Bertz CT molecular complexity index is 621. The minimum absolute atomic E-state index is 0.0603. The van der Waals surface area contributed by atoms with Crippen molar-refractivity contribution in [1.29, 1.82) is 0 Å². The number of methoxy groups -OCH3 is 1. The smallest absolute Gasteiger partial charge is 0.338 e. The minimum Gasteiger partial charge on any atom is -0.467 e. The van der Waals surface area contributed by atoms with Crippen LogP contribution in [0.5, 0.6) is 0 Å². The van der Waals surface area contributed by atoms with Crippen molar-refractivity contribution in [1.82, 2.24) is 20.4 Å². The fourth-order valence-corrected chi connectivity index (χ4v) is 2.72. The maximum atomic E-state index is 12.9. The van der Waals surface area contributed by atoms with Crippen LogP contribution in [-0.2, 0) is 28.7 Å². The number of nitrogens with one attached hydrogen (secondary N) is 2. The van der Waals surface area contributed by atoms with Crippen molar-refractivity contribution in [2.45, 2.75) is 45.3 Å². The van der Waals surface area contributed by atoms with Crippen molar-refractivity contribution in [3.05, 3.63) is 0 Å². The lowest BCUT2D eigenvalue weighted by Gasteiger charge is -2.34. The molecule has 0 aromatic rings. The lowest BCUT2D eigenvalue weighted by atomic mass is 10.0. The molecule has 1 rings (SSSR count). The Kier molecular flexibility index (Phi) is 7.74. The van der Waals surface area contributed by atoms with Crippen LogP contribution >= 0.6 is 0 Å². The van der Waals surface area contributed by atoms with E-state index in [1.54, 1.807) is 0 Å². The van der Waals surface area contributed by atoms with Crippen LogP contribution in [0.1, 0.15) is 27.2 Å². The van der Waals surface area contributed by atoms with Crippen LogP contribution in [0.2, 0.25) is 0 Å². The molecule has 1 heterocycles. The van der Waals surface area contributed by atoms with Crippen LogP contribution in [0.4, 0.5) is 0 Å². The molecule has 27 heavy (non-hydrogen) atoms. The van der Waals surface area contributed by atoms with Gasteiger partial charge < -0.3 is 25.2 Å². The molecule has 1 fully saturated rings. The maximum absolute atomic E-state index is 12.9. The number of hydrogen-bond acceptors (Lipinski definition) is 6. The fraction of sp³-hybridized carbons (Fsp3) is 0.706. The summed E-state index contributed by atoms with van der Waals surface area (Å²) in [4.78, 5) is 64.3. The van der Waals surface area contributed by atoms with E-state index < -0.39 is 47.7 Å². The highest BCUT2D eigenvalue weighted by molar-refractivity contribution is 6.06. The molecule has 0 bridgehead atoms. The van der Waals surface area contributed by atoms with Gasteiger partial charge in [-0.1, -0.05) is 13.8 Å². The number of rotatable bonds is 3. The van der Waals surface area contributed by atoms with Gasteiger partial charge in [-0.25, -0.2) is 4.79 Å². The highest BCUT2D eigenvalue weighted by Gasteiger charge is 2.41. The Balaban J connectivity index is 3.36. The van der Waals surface area contributed by atoms with E-state index in [1.807, 2.05) is 13.8 Å². The summed E-state index contributed by atoms with van der Waals surface area (Å²) in [6, 6.07) is -3.46. The highest BCUT2D eigenvalue weighted by Crippen LogP contribution is 2.13. The van der Waals surface area contributed by atoms with Crippen molar-refractivity contribution in [3.8, 4) is 0 Å². The zero-order valence-electron chi connectivity index (χ0n) is 16.6. The van der Waals surface area contributed by atoms with Crippen LogP contribution < -0.4 is 10.6 Å². The number of carbonyl (C=O) groups excluding carboxylic acids is 5. The number of ether oxygens (including phenoxy) is 1. The van der Waals surface area contributed by atoms with Gasteiger partial charge >= 0.3 is 5.97 Å². The first-order valence-corrected chi connectivity index (χ1v) is 8.69. The maximum Gasteiger partial charge on any atom is 0.338 e. The predicted molar refractivity (Wildman–Crippen MR) is 95.2 cm³/mol. The van der Waals surface area contributed by atoms with E-state index in [0.717, 1.165) is 16.9 Å². The first-order valence-electron chi connectivity index (χ1n) is 8.69. The molecule has 0 radical (unpaired) electrons. The van der Waals surface area contributed by atoms with Crippen molar-refractivity contribution >= 4 is 29.6 Å². The Morgan fingerprint density at radius 3 is 2.26 bits per heavy atom. The highest BCUT2D eigenvalue weighted by atomic mass is 16.5. The molecule has 10 heteroatoms. The lowest BCUT2D eigenvalue weighted by molar-refractivity contribution is -0.161. The van der Waals surface area contributed by atoms with Crippen LogP contribution in [0.15, 0.2) is 0 Å². The summed E-state index contributed by atoms with van der Waals surface area (Å²) in [5.41, 5.74) is 0. The van der Waals surface area contributed by atoms with Crippen LogP contribution in [0.3, 0.4) is 0 Å². The Morgan fingerprint density at radius 2 is 1.74 bits per heavy atom. The number of carbonyl (C=O) groups is 5. The van der Waals surface area contributed by atoms with Gasteiger partial charge in [0, 0.05) is 14.1 Å². The molecule has 0 saturated carbocycles. The fourth-order valence-electron chi connectivity index (χ4n) is 2.72. The van der Waals surface area contributed by atoms with Crippen LogP contribution in [-0.4, -0.2) is 85.3 Å². The topological polar surface area (TPSA) is 125 Å². The minimum atomic E-state index is -1.56. The van der Waals surface area contributed by atoms with Gasteiger partial charge in [0.05, 0.1) is 13.7 Å². The first-order chi connectivity index (χ1) is 12.5. The standard InChI is InChI=1S/C17H28N4O6/c1-9(2)7-11-15(24)21(5)13(17(26)27-6)16(25)20(4)10(3)14(23)18-8-12(22)19-11/h9-11,13H,7-8H2,1-6H3,(H,18,23)(H,19,22)/t10-,11+,13+/m1/s1. The van der Waals surface area contributed by atoms with Crippen molar-refractivity contribution in [2.75, 3.05) is 27.7 Å². The molecule has 0 aliphatic carbocycles. The molecular weight excluding hydrogens is 356 g/mol. The van der Waals surface area contributed by atoms with E-state index >= 15 is 0 Å². The van der Waals surface area contributed by atoms with Gasteiger partial charge in [-0.2, -0.15) is 0 Å². The second-order valence-corrected chi connectivity index (χ2v) is 6.97. The molecule has 0 aromatic carbocycles. The van der Waals surface area contributed by atoms with E-state index in [2.05, 4.69) is 15.4 Å². The van der Waals surface area contributed by atoms with Gasteiger partial charge in [-0.05, 0) is 19.3 Å². The summed E-state index contributed by atoms with van der Waals surface area (Å²) >= 11 is 0. The molecule has 0 unspecified atom stereocenters. The van der Waals surface area contributed by atoms with E-state index in [9.17, 15) is 24.0 Å². The summed E-state index contributed by atoms with van der Waals surface area (Å²) < 4.78 is 4.68. The molecule has 1 aliphatic heterocycles. The molecule has 3 atom stereocenters. The Hall–Kier alpha value is -2.65. The zero-order chi connectivity index (χ0) is 20.9. The molecule has 0 spiro atoms. The quantitative estimate of drug-likeness (QED) is 0.450. The van der Waals surface area contributed by atoms with E-state index in [-0.39, 0.29) is 12.5 Å². The lowest BCUT2D eigenvalue weighted by Crippen LogP contribution is -2.61. The van der Waals surface area contributed by atoms with Gasteiger partial charge in [0.25, 0.3) is 5.91 Å². The Labute approximate surface area is 158 Å². The first kappa shape index (κ1) is 22.4. The normalized spacial score (nSPS) is 25.5. The molecule has 1 saturated heterocycles. The number of nitrogens with zero attached hydrogens (tertiary/aromatic N) is 2. The monoisotopic (exact) mass is 384 g/mol. The largest absolute Gasteiger partial charge is 0.467 e. The SMILES string of the molecule is COC(=O)[C@@H]1C(=O)N(C)[C@H](C)C(=O)NCC(=O)N[C@@H](CC(C)C)C(=O)N1C. The summed E-state index contributed by atoms with van der Waals surface area (Å²) in [5.74, 6) is -3.30. The number of likely N-dealkylation sites (N-methyl/N-ethyl adjacent to an activating group) is 2. The van der Waals surface area contributed by atoms with Crippen molar-refractivity contribution < 1.29 is 28.7 Å².